The lowest BCUT2D eigenvalue weighted by Gasteiger charge is -2.25. The summed E-state index contributed by atoms with van der Waals surface area (Å²) >= 11 is 0. The summed E-state index contributed by atoms with van der Waals surface area (Å²) < 4.78 is 16.4. The number of carbonyl (C=O) groups excluding carboxylic acids is 1. The van der Waals surface area contributed by atoms with Gasteiger partial charge in [0.1, 0.15) is 5.75 Å². The first-order valence-corrected chi connectivity index (χ1v) is 8.71. The lowest BCUT2D eigenvalue weighted by molar-refractivity contribution is -0.138. The summed E-state index contributed by atoms with van der Waals surface area (Å²) in [6.45, 7) is 6.81. The molecule has 0 saturated carbocycles. The van der Waals surface area contributed by atoms with Crippen LogP contribution in [0.5, 0.6) is 17.2 Å². The van der Waals surface area contributed by atoms with Crippen molar-refractivity contribution in [3.8, 4) is 17.2 Å². The third-order valence-corrected chi connectivity index (χ3v) is 4.16. The van der Waals surface area contributed by atoms with Gasteiger partial charge in [0, 0.05) is 13.1 Å². The van der Waals surface area contributed by atoms with E-state index in [1.165, 1.54) is 0 Å². The standard InChI is InChI=1S/C21H27NO4/c1-6-22(14-17-10-11-19(24-4)20(13-17)25-5)21(23)16(3)26-18-9-7-8-15(2)12-18/h7-13,16H,6,14H2,1-5H3. The van der Waals surface area contributed by atoms with Crippen LogP contribution in [0.25, 0.3) is 0 Å². The molecule has 0 spiro atoms. The van der Waals surface area contributed by atoms with E-state index in [0.29, 0.717) is 30.3 Å². The Morgan fingerprint density at radius 1 is 1.08 bits per heavy atom. The molecule has 1 amide bonds. The number of carbonyl (C=O) groups is 1. The van der Waals surface area contributed by atoms with E-state index < -0.39 is 6.10 Å². The van der Waals surface area contributed by atoms with Gasteiger partial charge in [-0.15, -0.1) is 0 Å². The molecule has 0 aromatic heterocycles. The van der Waals surface area contributed by atoms with E-state index in [9.17, 15) is 4.79 Å². The van der Waals surface area contributed by atoms with Crippen molar-refractivity contribution in [3.63, 3.8) is 0 Å². The van der Waals surface area contributed by atoms with Crippen LogP contribution in [0.2, 0.25) is 0 Å². The number of hydrogen-bond donors (Lipinski definition) is 0. The molecule has 0 aliphatic heterocycles. The van der Waals surface area contributed by atoms with E-state index in [1.807, 2.05) is 56.3 Å². The fourth-order valence-electron chi connectivity index (χ4n) is 2.75. The van der Waals surface area contributed by atoms with Crippen LogP contribution in [0, 0.1) is 6.92 Å². The molecule has 2 aromatic rings. The summed E-state index contributed by atoms with van der Waals surface area (Å²) in [6.07, 6.45) is -0.558. The molecule has 5 heteroatoms. The zero-order valence-corrected chi connectivity index (χ0v) is 16.1. The number of benzene rings is 2. The van der Waals surface area contributed by atoms with Crippen molar-refractivity contribution in [1.29, 1.82) is 0 Å². The predicted octanol–water partition coefficient (Wildman–Crippen LogP) is 3.83. The van der Waals surface area contributed by atoms with Crippen molar-refractivity contribution in [3.05, 3.63) is 53.6 Å². The van der Waals surface area contributed by atoms with Gasteiger partial charge in [-0.1, -0.05) is 18.2 Å². The molecule has 0 radical (unpaired) electrons. The molecule has 0 bridgehead atoms. The number of amides is 1. The molecule has 1 atom stereocenters. The number of ether oxygens (including phenoxy) is 3. The lowest BCUT2D eigenvalue weighted by atomic mass is 10.1. The molecule has 0 aliphatic carbocycles. The third-order valence-electron chi connectivity index (χ3n) is 4.16. The van der Waals surface area contributed by atoms with E-state index in [2.05, 4.69) is 0 Å². The summed E-state index contributed by atoms with van der Waals surface area (Å²) in [5.74, 6) is 1.97. The van der Waals surface area contributed by atoms with E-state index in [4.69, 9.17) is 14.2 Å². The number of rotatable bonds is 8. The van der Waals surface area contributed by atoms with E-state index >= 15 is 0 Å². The van der Waals surface area contributed by atoms with Crippen LogP contribution in [-0.2, 0) is 11.3 Å². The third kappa shape index (κ3) is 4.91. The molecule has 0 saturated heterocycles. The van der Waals surface area contributed by atoms with E-state index in [0.717, 1.165) is 11.1 Å². The van der Waals surface area contributed by atoms with Gasteiger partial charge < -0.3 is 19.1 Å². The van der Waals surface area contributed by atoms with Gasteiger partial charge in [0.2, 0.25) is 0 Å². The Balaban J connectivity index is 2.08. The first kappa shape index (κ1) is 19.6. The molecule has 2 aromatic carbocycles. The number of aryl methyl sites for hydroxylation is 1. The Kier molecular flexibility index (Phi) is 6.89. The first-order chi connectivity index (χ1) is 12.5. The van der Waals surface area contributed by atoms with Crippen molar-refractivity contribution in [2.75, 3.05) is 20.8 Å². The average molecular weight is 357 g/mol. The molecule has 0 aliphatic rings. The van der Waals surface area contributed by atoms with Crippen molar-refractivity contribution in [1.82, 2.24) is 4.90 Å². The van der Waals surface area contributed by atoms with Gasteiger partial charge >= 0.3 is 0 Å². The van der Waals surface area contributed by atoms with Crippen molar-refractivity contribution in [2.45, 2.75) is 33.4 Å². The van der Waals surface area contributed by atoms with Gasteiger partial charge in [0.25, 0.3) is 5.91 Å². The van der Waals surface area contributed by atoms with Gasteiger partial charge in [-0.2, -0.15) is 0 Å². The highest BCUT2D eigenvalue weighted by molar-refractivity contribution is 5.80. The topological polar surface area (TPSA) is 48.0 Å². The second kappa shape index (κ2) is 9.13. The van der Waals surface area contributed by atoms with Crippen LogP contribution in [-0.4, -0.2) is 37.7 Å². The Labute approximate surface area is 155 Å². The molecule has 0 fully saturated rings. The van der Waals surface area contributed by atoms with Crippen molar-refractivity contribution < 1.29 is 19.0 Å². The Bertz CT molecular complexity index is 745. The number of likely N-dealkylation sites (N-methyl/N-ethyl adjacent to an activating group) is 1. The summed E-state index contributed by atoms with van der Waals surface area (Å²) in [6, 6.07) is 13.4. The minimum absolute atomic E-state index is 0.0520. The van der Waals surface area contributed by atoms with Crippen molar-refractivity contribution in [2.24, 2.45) is 0 Å². The summed E-state index contributed by atoms with van der Waals surface area (Å²) in [5, 5.41) is 0. The zero-order chi connectivity index (χ0) is 19.1. The van der Waals surface area contributed by atoms with Crippen LogP contribution in [0.1, 0.15) is 25.0 Å². The molecule has 0 N–H and O–H groups in total. The van der Waals surface area contributed by atoms with Gasteiger partial charge in [-0.3, -0.25) is 4.79 Å². The lowest BCUT2D eigenvalue weighted by Crippen LogP contribution is -2.40. The highest BCUT2D eigenvalue weighted by Gasteiger charge is 2.21. The summed E-state index contributed by atoms with van der Waals surface area (Å²) in [7, 11) is 3.20. The quantitative estimate of drug-likeness (QED) is 0.720. The number of nitrogens with zero attached hydrogens (tertiary/aromatic N) is 1. The van der Waals surface area contributed by atoms with Gasteiger partial charge in [0.05, 0.1) is 14.2 Å². The van der Waals surface area contributed by atoms with Crippen LogP contribution in [0.3, 0.4) is 0 Å². The molecular weight excluding hydrogens is 330 g/mol. The van der Waals surface area contributed by atoms with Crippen LogP contribution >= 0.6 is 0 Å². The Morgan fingerprint density at radius 2 is 1.81 bits per heavy atom. The second-order valence-electron chi connectivity index (χ2n) is 6.12. The van der Waals surface area contributed by atoms with Crippen LogP contribution < -0.4 is 14.2 Å². The maximum atomic E-state index is 12.8. The van der Waals surface area contributed by atoms with Gasteiger partial charge in [0.15, 0.2) is 17.6 Å². The summed E-state index contributed by atoms with van der Waals surface area (Å²) in [4.78, 5) is 14.6. The normalized spacial score (nSPS) is 11.6. The van der Waals surface area contributed by atoms with Gasteiger partial charge in [-0.05, 0) is 56.2 Å². The van der Waals surface area contributed by atoms with Crippen molar-refractivity contribution >= 4 is 5.91 Å². The fourth-order valence-corrected chi connectivity index (χ4v) is 2.75. The SMILES string of the molecule is CCN(Cc1ccc(OC)c(OC)c1)C(=O)C(C)Oc1cccc(C)c1. The maximum Gasteiger partial charge on any atom is 0.263 e. The Hall–Kier alpha value is -2.69. The minimum atomic E-state index is -0.558. The molecular formula is C21H27NO4. The van der Waals surface area contributed by atoms with E-state index in [1.54, 1.807) is 26.0 Å². The largest absolute Gasteiger partial charge is 0.493 e. The molecule has 26 heavy (non-hydrogen) atoms. The smallest absolute Gasteiger partial charge is 0.263 e. The second-order valence-corrected chi connectivity index (χ2v) is 6.12. The molecule has 5 nitrogen and oxygen atoms in total. The minimum Gasteiger partial charge on any atom is -0.493 e. The van der Waals surface area contributed by atoms with Gasteiger partial charge in [-0.25, -0.2) is 0 Å². The number of hydrogen-bond acceptors (Lipinski definition) is 4. The van der Waals surface area contributed by atoms with Crippen LogP contribution in [0.15, 0.2) is 42.5 Å². The highest BCUT2D eigenvalue weighted by Crippen LogP contribution is 2.28. The fraction of sp³-hybridized carbons (Fsp3) is 0.381. The number of methoxy groups -OCH3 is 2. The van der Waals surface area contributed by atoms with Crippen LogP contribution in [0.4, 0.5) is 0 Å². The predicted molar refractivity (Wildman–Crippen MR) is 102 cm³/mol. The molecule has 2 rings (SSSR count). The highest BCUT2D eigenvalue weighted by atomic mass is 16.5. The summed E-state index contributed by atoms with van der Waals surface area (Å²) in [5.41, 5.74) is 2.07. The first-order valence-electron chi connectivity index (χ1n) is 8.71. The maximum absolute atomic E-state index is 12.8. The average Bonchev–Trinajstić information content (AvgIpc) is 2.65. The van der Waals surface area contributed by atoms with E-state index in [-0.39, 0.29) is 5.91 Å². The Morgan fingerprint density at radius 3 is 2.42 bits per heavy atom. The zero-order valence-electron chi connectivity index (χ0n) is 16.1. The molecule has 0 heterocycles. The monoisotopic (exact) mass is 357 g/mol. The molecule has 140 valence electrons. The molecule has 1 unspecified atom stereocenters.